The van der Waals surface area contributed by atoms with Gasteiger partial charge in [0.15, 0.2) is 0 Å². The number of aliphatic carboxylic acids is 1. The van der Waals surface area contributed by atoms with Crippen LogP contribution in [0.1, 0.15) is 63.9 Å². The molecule has 28 heavy (non-hydrogen) atoms. The SMILES string of the molecule is CC(C)N1C2=CCCC=C2[C@H](c2ccc(F)cc2)[C@H]1/C=C/CCCCC(=O)O. The highest BCUT2D eigenvalue weighted by molar-refractivity contribution is 5.66. The molecule has 2 aliphatic rings. The molecule has 1 fully saturated rings. The van der Waals surface area contributed by atoms with Gasteiger partial charge in [0.2, 0.25) is 0 Å². The topological polar surface area (TPSA) is 40.5 Å². The van der Waals surface area contributed by atoms with E-state index in [1.807, 2.05) is 12.1 Å². The van der Waals surface area contributed by atoms with Gasteiger partial charge < -0.3 is 10.0 Å². The third-order valence-corrected chi connectivity index (χ3v) is 5.57. The molecule has 3 nitrogen and oxygen atoms in total. The molecule has 3 rings (SSSR count). The summed E-state index contributed by atoms with van der Waals surface area (Å²) in [5.41, 5.74) is 3.81. The van der Waals surface area contributed by atoms with Crippen LogP contribution in [0.15, 0.2) is 59.8 Å². The molecular weight excluding hydrogens is 353 g/mol. The number of carbonyl (C=O) groups is 1. The van der Waals surface area contributed by atoms with Crippen molar-refractivity contribution in [3.8, 4) is 0 Å². The Kier molecular flexibility index (Phi) is 6.71. The highest BCUT2D eigenvalue weighted by Gasteiger charge is 2.41. The zero-order valence-electron chi connectivity index (χ0n) is 16.8. The molecule has 0 aromatic heterocycles. The van der Waals surface area contributed by atoms with Gasteiger partial charge in [-0.05, 0) is 69.2 Å². The van der Waals surface area contributed by atoms with Crippen molar-refractivity contribution in [3.63, 3.8) is 0 Å². The van der Waals surface area contributed by atoms with E-state index in [9.17, 15) is 9.18 Å². The maximum Gasteiger partial charge on any atom is 0.303 e. The normalized spacial score (nSPS) is 21.8. The van der Waals surface area contributed by atoms with E-state index in [-0.39, 0.29) is 24.2 Å². The third-order valence-electron chi connectivity index (χ3n) is 5.57. The number of carboxylic acids is 1. The highest BCUT2D eigenvalue weighted by Crippen LogP contribution is 2.47. The average molecular weight is 384 g/mol. The molecule has 4 heteroatoms. The number of hydrogen-bond donors (Lipinski definition) is 1. The first-order valence-electron chi connectivity index (χ1n) is 10.3. The van der Waals surface area contributed by atoms with Crippen molar-refractivity contribution in [1.29, 1.82) is 0 Å². The Hall–Kier alpha value is -2.36. The van der Waals surface area contributed by atoms with Crippen LogP contribution in [0.2, 0.25) is 0 Å². The molecule has 1 aromatic carbocycles. The van der Waals surface area contributed by atoms with E-state index in [1.54, 1.807) is 12.1 Å². The summed E-state index contributed by atoms with van der Waals surface area (Å²) in [6, 6.07) is 7.47. The summed E-state index contributed by atoms with van der Waals surface area (Å²) in [5, 5.41) is 8.77. The number of hydrogen-bond acceptors (Lipinski definition) is 2. The predicted octanol–water partition coefficient (Wildman–Crippen LogP) is 5.81. The second kappa shape index (κ2) is 9.22. The van der Waals surface area contributed by atoms with Gasteiger partial charge in [-0.2, -0.15) is 0 Å². The van der Waals surface area contributed by atoms with Gasteiger partial charge in [0.05, 0.1) is 6.04 Å². The Balaban J connectivity index is 1.85. The van der Waals surface area contributed by atoms with Crippen molar-refractivity contribution in [3.05, 3.63) is 71.2 Å². The van der Waals surface area contributed by atoms with E-state index >= 15 is 0 Å². The number of carboxylic acid groups (broad SMARTS) is 1. The summed E-state index contributed by atoms with van der Waals surface area (Å²) in [6.07, 6.45) is 14.0. The molecule has 2 atom stereocenters. The van der Waals surface area contributed by atoms with Crippen molar-refractivity contribution in [2.24, 2.45) is 0 Å². The summed E-state index contributed by atoms with van der Waals surface area (Å²) >= 11 is 0. The number of unbranched alkanes of at least 4 members (excludes halogenated alkanes) is 2. The molecule has 1 aliphatic heterocycles. The minimum absolute atomic E-state index is 0.195. The minimum Gasteiger partial charge on any atom is -0.481 e. The molecule has 1 aromatic rings. The molecule has 0 unspecified atom stereocenters. The van der Waals surface area contributed by atoms with Crippen LogP contribution < -0.4 is 0 Å². The Morgan fingerprint density at radius 1 is 1.21 bits per heavy atom. The lowest BCUT2D eigenvalue weighted by Gasteiger charge is -2.32. The second-order valence-electron chi connectivity index (χ2n) is 7.91. The number of fused-ring (bicyclic) bond motifs is 1. The Bertz CT molecular complexity index is 776. The first kappa shape index (κ1) is 20.4. The van der Waals surface area contributed by atoms with E-state index in [4.69, 9.17) is 5.11 Å². The lowest BCUT2D eigenvalue weighted by Crippen LogP contribution is -2.35. The molecule has 0 amide bonds. The predicted molar refractivity (Wildman–Crippen MR) is 111 cm³/mol. The molecule has 150 valence electrons. The monoisotopic (exact) mass is 383 g/mol. The van der Waals surface area contributed by atoms with E-state index in [0.29, 0.717) is 12.5 Å². The molecule has 1 N–H and O–H groups in total. The summed E-state index contributed by atoms with van der Waals surface area (Å²) in [7, 11) is 0. The molecule has 0 radical (unpaired) electrons. The summed E-state index contributed by atoms with van der Waals surface area (Å²) in [4.78, 5) is 13.1. The van der Waals surface area contributed by atoms with Crippen molar-refractivity contribution in [2.75, 3.05) is 0 Å². The van der Waals surface area contributed by atoms with Crippen LogP contribution in [0, 0.1) is 5.82 Å². The van der Waals surface area contributed by atoms with Gasteiger partial charge in [0.1, 0.15) is 5.82 Å². The number of likely N-dealkylation sites (tertiary alicyclic amines) is 1. The Morgan fingerprint density at radius 3 is 2.61 bits per heavy atom. The van der Waals surface area contributed by atoms with E-state index in [0.717, 1.165) is 31.2 Å². The van der Waals surface area contributed by atoms with Gasteiger partial charge in [-0.25, -0.2) is 4.39 Å². The molecule has 0 saturated carbocycles. The fourth-order valence-corrected chi connectivity index (χ4v) is 4.37. The minimum atomic E-state index is -0.731. The number of allylic oxidation sites excluding steroid dienone is 4. The first-order valence-corrected chi connectivity index (χ1v) is 10.3. The summed E-state index contributed by atoms with van der Waals surface area (Å²) in [5.74, 6) is -0.740. The Morgan fingerprint density at radius 2 is 1.93 bits per heavy atom. The fourth-order valence-electron chi connectivity index (χ4n) is 4.37. The summed E-state index contributed by atoms with van der Waals surface area (Å²) < 4.78 is 13.5. The number of nitrogens with zero attached hydrogens (tertiary/aromatic N) is 1. The van der Waals surface area contributed by atoms with E-state index < -0.39 is 5.97 Å². The van der Waals surface area contributed by atoms with Crippen molar-refractivity contribution in [1.82, 2.24) is 4.90 Å². The van der Waals surface area contributed by atoms with E-state index in [1.165, 1.54) is 11.3 Å². The lowest BCUT2D eigenvalue weighted by molar-refractivity contribution is -0.137. The molecule has 1 heterocycles. The van der Waals surface area contributed by atoms with Gasteiger partial charge in [-0.3, -0.25) is 4.79 Å². The van der Waals surface area contributed by atoms with Crippen LogP contribution in [0.25, 0.3) is 0 Å². The maximum absolute atomic E-state index is 13.5. The third kappa shape index (κ3) is 4.54. The molecule has 1 aliphatic carbocycles. The van der Waals surface area contributed by atoms with Crippen LogP contribution >= 0.6 is 0 Å². The van der Waals surface area contributed by atoms with Crippen LogP contribution in [-0.2, 0) is 4.79 Å². The zero-order valence-corrected chi connectivity index (χ0v) is 16.8. The van der Waals surface area contributed by atoms with Crippen LogP contribution in [0.3, 0.4) is 0 Å². The Labute approximate surface area is 167 Å². The molecule has 0 bridgehead atoms. The van der Waals surface area contributed by atoms with E-state index in [2.05, 4.69) is 43.1 Å². The summed E-state index contributed by atoms with van der Waals surface area (Å²) in [6.45, 7) is 4.43. The van der Waals surface area contributed by atoms with Gasteiger partial charge in [-0.15, -0.1) is 0 Å². The molecular formula is C24H30FNO2. The van der Waals surface area contributed by atoms with Crippen LogP contribution in [0.5, 0.6) is 0 Å². The van der Waals surface area contributed by atoms with Crippen LogP contribution in [-0.4, -0.2) is 28.1 Å². The smallest absolute Gasteiger partial charge is 0.303 e. The number of rotatable bonds is 8. The zero-order chi connectivity index (χ0) is 20.1. The lowest BCUT2D eigenvalue weighted by atomic mass is 9.85. The maximum atomic E-state index is 13.5. The number of halogens is 1. The largest absolute Gasteiger partial charge is 0.481 e. The fraction of sp³-hybridized carbons (Fsp3) is 0.458. The van der Waals surface area contributed by atoms with Gasteiger partial charge in [0.25, 0.3) is 0 Å². The number of benzene rings is 1. The first-order chi connectivity index (χ1) is 13.5. The second-order valence-corrected chi connectivity index (χ2v) is 7.91. The highest BCUT2D eigenvalue weighted by atomic mass is 19.1. The van der Waals surface area contributed by atoms with Crippen molar-refractivity contribution >= 4 is 5.97 Å². The standard InChI is InChI=1S/C24H30FNO2/c1-17(2)26-21-10-8-7-9-20(21)24(18-13-15-19(25)16-14-18)22(26)11-5-3-4-6-12-23(27)28/h5,9-11,13-17,22,24H,3-4,6-8,12H2,1-2H3,(H,27,28)/b11-5+/t22-,24+/m1/s1. The average Bonchev–Trinajstić information content (AvgIpc) is 2.99. The van der Waals surface area contributed by atoms with Gasteiger partial charge >= 0.3 is 5.97 Å². The van der Waals surface area contributed by atoms with Gasteiger partial charge in [-0.1, -0.05) is 36.4 Å². The van der Waals surface area contributed by atoms with Crippen molar-refractivity contribution < 1.29 is 14.3 Å². The quantitative estimate of drug-likeness (QED) is 0.455. The molecule has 0 spiro atoms. The van der Waals surface area contributed by atoms with Crippen LogP contribution in [0.4, 0.5) is 4.39 Å². The van der Waals surface area contributed by atoms with Gasteiger partial charge in [0, 0.05) is 24.1 Å². The van der Waals surface area contributed by atoms with Crippen molar-refractivity contribution in [2.45, 2.75) is 70.4 Å². The molecule has 1 saturated heterocycles.